The smallest absolute Gasteiger partial charge is 0.307 e. The van der Waals surface area contributed by atoms with Gasteiger partial charge in [-0.2, -0.15) is 5.10 Å². The van der Waals surface area contributed by atoms with E-state index in [1.807, 2.05) is 18.7 Å². The molecule has 0 aromatic carbocycles. The molecule has 1 saturated heterocycles. The Labute approximate surface area is 117 Å². The zero-order chi connectivity index (χ0) is 14.7. The number of nitrogens with zero attached hydrogens (tertiary/aromatic N) is 2. The molecule has 110 valence electrons. The van der Waals surface area contributed by atoms with Gasteiger partial charge in [-0.3, -0.25) is 19.6 Å². The molecule has 20 heavy (non-hydrogen) atoms. The van der Waals surface area contributed by atoms with Crippen LogP contribution in [0.1, 0.15) is 24.2 Å². The monoisotopic (exact) mass is 280 g/mol. The summed E-state index contributed by atoms with van der Waals surface area (Å²) in [6.45, 7) is 5.08. The molecule has 1 aliphatic heterocycles. The topological polar surface area (TPSA) is 98.3 Å². The van der Waals surface area contributed by atoms with Gasteiger partial charge in [0.15, 0.2) is 0 Å². The minimum atomic E-state index is -0.781. The summed E-state index contributed by atoms with van der Waals surface area (Å²) in [7, 11) is 0. The molecule has 7 heteroatoms. The Balaban J connectivity index is 1.90. The molecule has 0 saturated carbocycles. The molecule has 1 atom stereocenters. The summed E-state index contributed by atoms with van der Waals surface area (Å²) in [6.07, 6.45) is 1.50. The number of carboxylic acid groups (broad SMARTS) is 1. The average molecular weight is 280 g/mol. The Kier molecular flexibility index (Phi) is 4.39. The fourth-order valence-electron chi connectivity index (χ4n) is 2.52. The van der Waals surface area contributed by atoms with Gasteiger partial charge in [-0.05, 0) is 33.2 Å². The first-order chi connectivity index (χ1) is 9.47. The number of H-pyrrole nitrogens is 1. The fourth-order valence-corrected chi connectivity index (χ4v) is 2.52. The van der Waals surface area contributed by atoms with Crippen LogP contribution < -0.4 is 5.32 Å². The minimum absolute atomic E-state index is 0.136. The van der Waals surface area contributed by atoms with Crippen molar-refractivity contribution in [3.8, 4) is 0 Å². The van der Waals surface area contributed by atoms with Crippen molar-refractivity contribution in [2.24, 2.45) is 5.92 Å². The van der Waals surface area contributed by atoms with Crippen LogP contribution in [0.15, 0.2) is 0 Å². The molecule has 1 aromatic heterocycles. The van der Waals surface area contributed by atoms with Crippen LogP contribution in [0.4, 0.5) is 5.69 Å². The van der Waals surface area contributed by atoms with E-state index < -0.39 is 5.97 Å². The largest absolute Gasteiger partial charge is 0.481 e. The Morgan fingerprint density at radius 2 is 2.25 bits per heavy atom. The van der Waals surface area contributed by atoms with Gasteiger partial charge in [0.2, 0.25) is 5.91 Å². The number of hydrogen-bond acceptors (Lipinski definition) is 4. The van der Waals surface area contributed by atoms with Gasteiger partial charge < -0.3 is 10.4 Å². The highest BCUT2D eigenvalue weighted by molar-refractivity contribution is 5.93. The van der Waals surface area contributed by atoms with Crippen LogP contribution in [0.3, 0.4) is 0 Å². The second-order valence-corrected chi connectivity index (χ2v) is 5.27. The molecule has 0 aliphatic carbocycles. The number of hydrogen-bond donors (Lipinski definition) is 3. The molecule has 2 heterocycles. The Hall–Kier alpha value is -1.89. The van der Waals surface area contributed by atoms with Crippen molar-refractivity contribution in [2.45, 2.75) is 26.7 Å². The van der Waals surface area contributed by atoms with Crippen LogP contribution in [0.25, 0.3) is 0 Å². The summed E-state index contributed by atoms with van der Waals surface area (Å²) in [5.74, 6) is -1.28. The highest BCUT2D eigenvalue weighted by Crippen LogP contribution is 2.18. The SMILES string of the molecule is Cc1n[nH]c(C)c1NC(=O)CN1CCCC(C(=O)O)C1. The molecule has 1 unspecified atom stereocenters. The van der Waals surface area contributed by atoms with Crippen molar-refractivity contribution >= 4 is 17.6 Å². The van der Waals surface area contributed by atoms with Gasteiger partial charge in [-0.25, -0.2) is 0 Å². The second kappa shape index (κ2) is 6.04. The lowest BCUT2D eigenvalue weighted by molar-refractivity contribution is -0.144. The third-order valence-electron chi connectivity index (χ3n) is 3.61. The van der Waals surface area contributed by atoms with Crippen LogP contribution >= 0.6 is 0 Å². The molecule has 0 spiro atoms. The molecule has 1 fully saturated rings. The molecule has 0 radical (unpaired) electrons. The fraction of sp³-hybridized carbons (Fsp3) is 0.615. The molecule has 1 aliphatic rings. The predicted octanol–water partition coefficient (Wildman–Crippen LogP) is 0.762. The summed E-state index contributed by atoms with van der Waals surface area (Å²) < 4.78 is 0. The number of likely N-dealkylation sites (tertiary alicyclic amines) is 1. The number of piperidine rings is 1. The van der Waals surface area contributed by atoms with Crippen molar-refractivity contribution in [3.05, 3.63) is 11.4 Å². The number of amides is 1. The van der Waals surface area contributed by atoms with Crippen molar-refractivity contribution in [2.75, 3.05) is 25.0 Å². The van der Waals surface area contributed by atoms with E-state index in [9.17, 15) is 9.59 Å². The summed E-state index contributed by atoms with van der Waals surface area (Å²) in [6, 6.07) is 0. The number of anilines is 1. The molecule has 3 N–H and O–H groups in total. The zero-order valence-corrected chi connectivity index (χ0v) is 11.8. The number of rotatable bonds is 4. The first-order valence-corrected chi connectivity index (χ1v) is 6.74. The third kappa shape index (κ3) is 3.36. The van der Waals surface area contributed by atoms with Crippen molar-refractivity contribution in [1.29, 1.82) is 0 Å². The van der Waals surface area contributed by atoms with E-state index in [0.29, 0.717) is 18.7 Å². The van der Waals surface area contributed by atoms with E-state index in [4.69, 9.17) is 5.11 Å². The van der Waals surface area contributed by atoms with Gasteiger partial charge in [-0.15, -0.1) is 0 Å². The maximum atomic E-state index is 12.0. The van der Waals surface area contributed by atoms with Gasteiger partial charge in [0, 0.05) is 6.54 Å². The van der Waals surface area contributed by atoms with E-state index in [2.05, 4.69) is 15.5 Å². The van der Waals surface area contributed by atoms with Gasteiger partial charge in [-0.1, -0.05) is 0 Å². The minimum Gasteiger partial charge on any atom is -0.481 e. The zero-order valence-electron chi connectivity index (χ0n) is 11.8. The molecular formula is C13H20N4O3. The summed E-state index contributed by atoms with van der Waals surface area (Å²) in [5.41, 5.74) is 2.28. The van der Waals surface area contributed by atoms with Gasteiger partial charge in [0.05, 0.1) is 29.5 Å². The number of nitrogens with one attached hydrogen (secondary N) is 2. The molecular weight excluding hydrogens is 260 g/mol. The lowest BCUT2D eigenvalue weighted by atomic mass is 9.98. The number of aromatic amines is 1. The highest BCUT2D eigenvalue weighted by atomic mass is 16.4. The first-order valence-electron chi connectivity index (χ1n) is 6.74. The highest BCUT2D eigenvalue weighted by Gasteiger charge is 2.26. The number of aliphatic carboxylic acids is 1. The molecule has 2 rings (SSSR count). The number of carbonyl (C=O) groups excluding carboxylic acids is 1. The molecule has 7 nitrogen and oxygen atoms in total. The standard InChI is InChI=1S/C13H20N4O3/c1-8-12(9(2)16-15-8)14-11(18)7-17-5-3-4-10(6-17)13(19)20/h10H,3-7H2,1-2H3,(H,14,18)(H,15,16)(H,19,20). The Bertz CT molecular complexity index is 492. The van der Waals surface area contributed by atoms with Crippen molar-refractivity contribution in [1.82, 2.24) is 15.1 Å². The van der Waals surface area contributed by atoms with E-state index in [0.717, 1.165) is 24.4 Å². The molecule has 1 aromatic rings. The Morgan fingerprint density at radius 1 is 1.50 bits per heavy atom. The molecule has 1 amide bonds. The van der Waals surface area contributed by atoms with Crippen LogP contribution in [-0.4, -0.2) is 51.7 Å². The lowest BCUT2D eigenvalue weighted by Gasteiger charge is -2.29. The lowest BCUT2D eigenvalue weighted by Crippen LogP contribution is -2.42. The third-order valence-corrected chi connectivity index (χ3v) is 3.61. The van der Waals surface area contributed by atoms with Crippen LogP contribution in [0.2, 0.25) is 0 Å². The number of aryl methyl sites for hydroxylation is 2. The average Bonchev–Trinajstić information content (AvgIpc) is 2.71. The van der Waals surface area contributed by atoms with Crippen LogP contribution in [-0.2, 0) is 9.59 Å². The van der Waals surface area contributed by atoms with Crippen LogP contribution in [0, 0.1) is 19.8 Å². The predicted molar refractivity (Wildman–Crippen MR) is 73.5 cm³/mol. The summed E-state index contributed by atoms with van der Waals surface area (Å²) in [5, 5.41) is 18.7. The van der Waals surface area contributed by atoms with Crippen molar-refractivity contribution < 1.29 is 14.7 Å². The Morgan fingerprint density at radius 3 is 2.85 bits per heavy atom. The van der Waals surface area contributed by atoms with Crippen molar-refractivity contribution in [3.63, 3.8) is 0 Å². The van der Waals surface area contributed by atoms with E-state index >= 15 is 0 Å². The van der Waals surface area contributed by atoms with Gasteiger partial charge in [0.25, 0.3) is 0 Å². The number of aromatic nitrogens is 2. The van der Waals surface area contributed by atoms with E-state index in [-0.39, 0.29) is 18.4 Å². The first kappa shape index (κ1) is 14.5. The van der Waals surface area contributed by atoms with Gasteiger partial charge in [0.1, 0.15) is 0 Å². The maximum Gasteiger partial charge on any atom is 0.307 e. The van der Waals surface area contributed by atoms with E-state index in [1.54, 1.807) is 0 Å². The van der Waals surface area contributed by atoms with E-state index in [1.165, 1.54) is 0 Å². The summed E-state index contributed by atoms with van der Waals surface area (Å²) in [4.78, 5) is 24.9. The summed E-state index contributed by atoms with van der Waals surface area (Å²) >= 11 is 0. The van der Waals surface area contributed by atoms with Gasteiger partial charge >= 0.3 is 5.97 Å². The quantitative estimate of drug-likeness (QED) is 0.756. The second-order valence-electron chi connectivity index (χ2n) is 5.27. The molecule has 0 bridgehead atoms. The normalized spacial score (nSPS) is 19.8. The maximum absolute atomic E-state index is 12.0. The number of carbonyl (C=O) groups is 2. The number of carboxylic acids is 1. The van der Waals surface area contributed by atoms with Crippen LogP contribution in [0.5, 0.6) is 0 Å².